The fourth-order valence-electron chi connectivity index (χ4n) is 1.94. The molecule has 0 bridgehead atoms. The van der Waals surface area contributed by atoms with Crippen LogP contribution in [0.15, 0.2) is 22.7 Å². The van der Waals surface area contributed by atoms with Gasteiger partial charge in [-0.2, -0.15) is 0 Å². The van der Waals surface area contributed by atoms with Gasteiger partial charge in [-0.3, -0.25) is 5.32 Å². The second-order valence-electron chi connectivity index (χ2n) is 5.69. The lowest BCUT2D eigenvalue weighted by molar-refractivity contribution is 0.0636. The highest BCUT2D eigenvalue weighted by Crippen LogP contribution is 2.29. The van der Waals surface area contributed by atoms with Crippen LogP contribution in [0, 0.1) is 0 Å². The number of fused-ring (bicyclic) bond motifs is 1. The predicted molar refractivity (Wildman–Crippen MR) is 85.2 cm³/mol. The summed E-state index contributed by atoms with van der Waals surface area (Å²) < 4.78 is 6.19. The van der Waals surface area contributed by atoms with Crippen molar-refractivity contribution in [3.05, 3.63) is 28.4 Å². The smallest absolute Gasteiger partial charge is 0.412 e. The van der Waals surface area contributed by atoms with Gasteiger partial charge in [0.1, 0.15) is 5.60 Å². The van der Waals surface area contributed by atoms with Crippen LogP contribution in [0.1, 0.15) is 33.4 Å². The highest BCUT2D eigenvalue weighted by molar-refractivity contribution is 9.10. The lowest BCUT2D eigenvalue weighted by Gasteiger charge is -2.19. The van der Waals surface area contributed by atoms with Crippen molar-refractivity contribution in [2.24, 2.45) is 0 Å². The normalized spacial score (nSPS) is 11.7. The van der Waals surface area contributed by atoms with Crippen molar-refractivity contribution in [2.75, 3.05) is 5.32 Å². The largest absolute Gasteiger partial charge is 0.444 e. The van der Waals surface area contributed by atoms with E-state index in [9.17, 15) is 4.79 Å². The Balaban J connectivity index is 2.25. The average Bonchev–Trinajstić information content (AvgIpc) is 2.69. The average molecular weight is 339 g/mol. The second-order valence-corrected chi connectivity index (χ2v) is 6.55. The van der Waals surface area contributed by atoms with Crippen LogP contribution in [0.4, 0.5) is 10.5 Å². The number of hydrogen-bond donors (Lipinski definition) is 2. The monoisotopic (exact) mass is 338 g/mol. The van der Waals surface area contributed by atoms with Crippen molar-refractivity contribution in [3.63, 3.8) is 0 Å². The lowest BCUT2D eigenvalue weighted by Crippen LogP contribution is -2.27. The number of ether oxygens (including phenoxy) is 1. The Morgan fingerprint density at radius 3 is 2.65 bits per heavy atom. The SMILES string of the molecule is CCc1cc2c(Br)cc(NC(=O)OC(C)(C)C)cc2[nH]1. The summed E-state index contributed by atoms with van der Waals surface area (Å²) in [7, 11) is 0. The van der Waals surface area contributed by atoms with Crippen LogP contribution >= 0.6 is 15.9 Å². The van der Waals surface area contributed by atoms with Crippen molar-refractivity contribution in [2.45, 2.75) is 39.7 Å². The van der Waals surface area contributed by atoms with E-state index in [1.165, 1.54) is 0 Å². The molecule has 0 aliphatic carbocycles. The summed E-state index contributed by atoms with van der Waals surface area (Å²) >= 11 is 3.53. The second kappa shape index (κ2) is 5.48. The minimum absolute atomic E-state index is 0.453. The van der Waals surface area contributed by atoms with Gasteiger partial charge in [0.15, 0.2) is 0 Å². The predicted octanol–water partition coefficient (Wildman–Crippen LogP) is 4.84. The van der Waals surface area contributed by atoms with E-state index in [0.717, 1.165) is 27.5 Å². The summed E-state index contributed by atoms with van der Waals surface area (Å²) in [5.41, 5.74) is 2.34. The van der Waals surface area contributed by atoms with Crippen molar-refractivity contribution in [1.29, 1.82) is 0 Å². The maximum Gasteiger partial charge on any atom is 0.412 e. The van der Waals surface area contributed by atoms with Crippen LogP contribution in [0.25, 0.3) is 10.9 Å². The molecule has 2 N–H and O–H groups in total. The Kier molecular flexibility index (Phi) is 4.09. The number of nitrogens with one attached hydrogen (secondary N) is 2. The minimum Gasteiger partial charge on any atom is -0.444 e. The van der Waals surface area contributed by atoms with Gasteiger partial charge in [0.05, 0.1) is 0 Å². The van der Waals surface area contributed by atoms with Gasteiger partial charge in [0.2, 0.25) is 0 Å². The lowest BCUT2D eigenvalue weighted by atomic mass is 10.2. The first-order valence-electron chi connectivity index (χ1n) is 6.59. The number of rotatable bonds is 2. The molecule has 2 rings (SSSR count). The number of hydrogen-bond acceptors (Lipinski definition) is 2. The standard InChI is InChI=1S/C15H19BrN2O2/c1-5-9-6-11-12(16)7-10(8-13(11)17-9)18-14(19)20-15(2,3)4/h6-8,17H,5H2,1-4H3,(H,18,19). The summed E-state index contributed by atoms with van der Waals surface area (Å²) in [6.45, 7) is 7.61. The van der Waals surface area contributed by atoms with Crippen LogP contribution < -0.4 is 5.32 Å². The van der Waals surface area contributed by atoms with E-state index in [1.54, 1.807) is 0 Å². The molecule has 0 spiro atoms. The van der Waals surface area contributed by atoms with Gasteiger partial charge in [-0.05, 0) is 45.4 Å². The number of aromatic amines is 1. The molecule has 4 nitrogen and oxygen atoms in total. The Morgan fingerprint density at radius 1 is 1.35 bits per heavy atom. The number of H-pyrrole nitrogens is 1. The van der Waals surface area contributed by atoms with E-state index in [2.05, 4.69) is 39.2 Å². The first kappa shape index (κ1) is 14.9. The highest BCUT2D eigenvalue weighted by Gasteiger charge is 2.16. The number of carbonyl (C=O) groups is 1. The topological polar surface area (TPSA) is 54.1 Å². The summed E-state index contributed by atoms with van der Waals surface area (Å²) in [4.78, 5) is 15.1. The zero-order chi connectivity index (χ0) is 14.9. The van der Waals surface area contributed by atoms with E-state index in [0.29, 0.717) is 5.69 Å². The van der Waals surface area contributed by atoms with Crippen molar-refractivity contribution >= 4 is 38.6 Å². The number of carbonyl (C=O) groups excluding carboxylic acids is 1. The molecule has 1 aromatic heterocycles. The summed E-state index contributed by atoms with van der Waals surface area (Å²) in [5, 5.41) is 3.86. The van der Waals surface area contributed by atoms with Crippen molar-refractivity contribution in [3.8, 4) is 0 Å². The molecule has 2 aromatic rings. The molecule has 108 valence electrons. The van der Waals surface area contributed by atoms with Crippen LogP contribution in [0.2, 0.25) is 0 Å². The van der Waals surface area contributed by atoms with Crippen molar-refractivity contribution < 1.29 is 9.53 Å². The van der Waals surface area contributed by atoms with Gasteiger partial charge in [0.25, 0.3) is 0 Å². The number of aryl methyl sites for hydroxylation is 1. The van der Waals surface area contributed by atoms with Gasteiger partial charge < -0.3 is 9.72 Å². The Morgan fingerprint density at radius 2 is 2.05 bits per heavy atom. The number of anilines is 1. The highest BCUT2D eigenvalue weighted by atomic mass is 79.9. The third kappa shape index (κ3) is 3.54. The first-order chi connectivity index (χ1) is 9.28. The van der Waals surface area contributed by atoms with E-state index in [1.807, 2.05) is 32.9 Å². The molecule has 20 heavy (non-hydrogen) atoms. The Labute approximate surface area is 127 Å². The molecule has 1 aromatic carbocycles. The number of benzene rings is 1. The van der Waals surface area contributed by atoms with E-state index >= 15 is 0 Å². The van der Waals surface area contributed by atoms with E-state index < -0.39 is 11.7 Å². The molecular formula is C15H19BrN2O2. The molecule has 0 atom stereocenters. The third-order valence-electron chi connectivity index (χ3n) is 2.77. The fraction of sp³-hybridized carbons (Fsp3) is 0.400. The third-order valence-corrected chi connectivity index (χ3v) is 3.43. The molecule has 0 saturated heterocycles. The van der Waals surface area contributed by atoms with Gasteiger partial charge in [-0.1, -0.05) is 22.9 Å². The molecule has 1 amide bonds. The molecular weight excluding hydrogens is 320 g/mol. The summed E-state index contributed by atoms with van der Waals surface area (Å²) in [6, 6.07) is 5.89. The number of halogens is 1. The molecule has 0 unspecified atom stereocenters. The van der Waals surface area contributed by atoms with Crippen LogP contribution in [-0.4, -0.2) is 16.7 Å². The maximum atomic E-state index is 11.8. The molecule has 0 aliphatic rings. The molecule has 1 heterocycles. The molecule has 0 fully saturated rings. The zero-order valence-electron chi connectivity index (χ0n) is 12.1. The summed E-state index contributed by atoms with van der Waals surface area (Å²) in [5.74, 6) is 0. The number of aromatic nitrogens is 1. The van der Waals surface area contributed by atoms with E-state index in [-0.39, 0.29) is 0 Å². The van der Waals surface area contributed by atoms with Crippen LogP contribution in [0.5, 0.6) is 0 Å². The molecule has 0 radical (unpaired) electrons. The van der Waals surface area contributed by atoms with Gasteiger partial charge in [-0.15, -0.1) is 0 Å². The van der Waals surface area contributed by atoms with Gasteiger partial charge in [-0.25, -0.2) is 4.79 Å². The quantitative estimate of drug-likeness (QED) is 0.823. The first-order valence-corrected chi connectivity index (χ1v) is 7.39. The maximum absolute atomic E-state index is 11.8. The molecule has 5 heteroatoms. The van der Waals surface area contributed by atoms with E-state index in [4.69, 9.17) is 4.74 Å². The number of amides is 1. The molecule has 0 saturated carbocycles. The Bertz CT molecular complexity index is 641. The molecule has 0 aliphatic heterocycles. The zero-order valence-corrected chi connectivity index (χ0v) is 13.7. The van der Waals surface area contributed by atoms with Gasteiger partial charge in [0, 0.05) is 26.8 Å². The van der Waals surface area contributed by atoms with Crippen LogP contribution in [-0.2, 0) is 11.2 Å². The van der Waals surface area contributed by atoms with Gasteiger partial charge >= 0.3 is 6.09 Å². The Hall–Kier alpha value is -1.49. The van der Waals surface area contributed by atoms with Crippen molar-refractivity contribution in [1.82, 2.24) is 4.98 Å². The minimum atomic E-state index is -0.507. The van der Waals surface area contributed by atoms with Crippen LogP contribution in [0.3, 0.4) is 0 Å². The fourth-order valence-corrected chi connectivity index (χ4v) is 2.51. The summed E-state index contributed by atoms with van der Waals surface area (Å²) in [6.07, 6.45) is 0.488.